The van der Waals surface area contributed by atoms with E-state index in [1.54, 1.807) is 29.2 Å². The van der Waals surface area contributed by atoms with Gasteiger partial charge in [-0.15, -0.1) is 0 Å². The summed E-state index contributed by atoms with van der Waals surface area (Å²) in [6, 6.07) is 15.3. The van der Waals surface area contributed by atoms with E-state index in [1.807, 2.05) is 31.2 Å². The molecule has 2 aromatic rings. The van der Waals surface area contributed by atoms with Crippen molar-refractivity contribution >= 4 is 23.4 Å². The molecule has 0 radical (unpaired) electrons. The van der Waals surface area contributed by atoms with Crippen molar-refractivity contribution in [3.8, 4) is 0 Å². The molecule has 6 heteroatoms. The molecule has 1 unspecified atom stereocenters. The predicted molar refractivity (Wildman–Crippen MR) is 110 cm³/mol. The van der Waals surface area contributed by atoms with Crippen LogP contribution >= 0.6 is 0 Å². The zero-order valence-corrected chi connectivity index (χ0v) is 16.5. The van der Waals surface area contributed by atoms with Crippen molar-refractivity contribution in [1.29, 1.82) is 0 Å². The van der Waals surface area contributed by atoms with E-state index in [0.29, 0.717) is 24.3 Å². The third-order valence-corrected chi connectivity index (χ3v) is 5.38. The fourth-order valence-corrected chi connectivity index (χ4v) is 3.49. The van der Waals surface area contributed by atoms with Crippen molar-refractivity contribution in [1.82, 2.24) is 10.2 Å². The number of nitrogens with zero attached hydrogens (tertiary/aromatic N) is 1. The van der Waals surface area contributed by atoms with Crippen molar-refractivity contribution < 1.29 is 14.4 Å². The van der Waals surface area contributed by atoms with Gasteiger partial charge in [0.1, 0.15) is 0 Å². The van der Waals surface area contributed by atoms with Crippen LogP contribution in [0.25, 0.3) is 0 Å². The van der Waals surface area contributed by atoms with Gasteiger partial charge in [0.15, 0.2) is 0 Å². The second-order valence-electron chi connectivity index (χ2n) is 7.98. The largest absolute Gasteiger partial charge is 0.349 e. The number of nitrogens with one attached hydrogen (secondary N) is 2. The summed E-state index contributed by atoms with van der Waals surface area (Å²) in [5.41, 5.74) is 3.33. The quantitative estimate of drug-likeness (QED) is 0.795. The molecule has 2 aromatic carbocycles. The zero-order valence-electron chi connectivity index (χ0n) is 16.5. The Morgan fingerprint density at radius 3 is 2.59 bits per heavy atom. The molecular weight excluding hydrogens is 366 g/mol. The Kier molecular flexibility index (Phi) is 5.34. The summed E-state index contributed by atoms with van der Waals surface area (Å²) in [5.74, 6) is -0.714. The molecule has 1 saturated heterocycles. The number of benzene rings is 2. The molecule has 3 amide bonds. The van der Waals surface area contributed by atoms with Gasteiger partial charge in [-0.1, -0.05) is 35.9 Å². The van der Waals surface area contributed by atoms with Gasteiger partial charge in [-0.05, 0) is 43.5 Å². The Balaban J connectivity index is 1.35. The summed E-state index contributed by atoms with van der Waals surface area (Å²) in [6.45, 7) is 2.94. The summed E-state index contributed by atoms with van der Waals surface area (Å²) >= 11 is 0. The van der Waals surface area contributed by atoms with E-state index in [1.165, 1.54) is 5.56 Å². The highest BCUT2D eigenvalue weighted by atomic mass is 16.2. The van der Waals surface area contributed by atoms with Gasteiger partial charge in [-0.2, -0.15) is 0 Å². The van der Waals surface area contributed by atoms with Gasteiger partial charge < -0.3 is 15.5 Å². The van der Waals surface area contributed by atoms with E-state index in [9.17, 15) is 14.4 Å². The van der Waals surface area contributed by atoms with Crippen LogP contribution in [-0.4, -0.2) is 35.2 Å². The number of rotatable bonds is 6. The van der Waals surface area contributed by atoms with E-state index in [4.69, 9.17) is 0 Å². The van der Waals surface area contributed by atoms with Crippen LogP contribution in [0, 0.1) is 12.8 Å². The SMILES string of the molecule is Cc1ccc(CN2CC(C(=O)Nc3cccc(C(=O)NC4CC4)c3)CC2=O)cc1. The molecule has 1 aliphatic carbocycles. The topological polar surface area (TPSA) is 78.5 Å². The molecule has 0 bridgehead atoms. The van der Waals surface area contributed by atoms with Gasteiger partial charge in [0, 0.05) is 36.8 Å². The van der Waals surface area contributed by atoms with Crippen LogP contribution < -0.4 is 10.6 Å². The molecule has 1 atom stereocenters. The molecule has 1 heterocycles. The maximum absolute atomic E-state index is 12.7. The molecule has 0 spiro atoms. The number of aryl methyl sites for hydroxylation is 1. The Bertz CT molecular complexity index is 935. The molecule has 4 rings (SSSR count). The van der Waals surface area contributed by atoms with Crippen LogP contribution in [0.2, 0.25) is 0 Å². The van der Waals surface area contributed by atoms with Crippen LogP contribution in [0.4, 0.5) is 5.69 Å². The number of likely N-dealkylation sites (tertiary alicyclic amines) is 1. The van der Waals surface area contributed by atoms with Gasteiger partial charge in [0.05, 0.1) is 5.92 Å². The standard InChI is InChI=1S/C23H25N3O3/c1-15-5-7-16(8-6-15)13-26-14-18(12-21(26)27)23(29)25-20-4-2-3-17(11-20)22(28)24-19-9-10-19/h2-8,11,18-19H,9-10,12-14H2,1H3,(H,24,28)(H,25,29). The van der Waals surface area contributed by atoms with Gasteiger partial charge in [-0.25, -0.2) is 0 Å². The summed E-state index contributed by atoms with van der Waals surface area (Å²) in [7, 11) is 0. The van der Waals surface area contributed by atoms with E-state index >= 15 is 0 Å². The lowest BCUT2D eigenvalue weighted by Crippen LogP contribution is -2.28. The van der Waals surface area contributed by atoms with E-state index in [0.717, 1.165) is 18.4 Å². The minimum absolute atomic E-state index is 0.0108. The van der Waals surface area contributed by atoms with E-state index < -0.39 is 5.92 Å². The molecule has 29 heavy (non-hydrogen) atoms. The molecular formula is C23H25N3O3. The first-order chi connectivity index (χ1) is 14.0. The van der Waals surface area contributed by atoms with Crippen LogP contribution in [0.3, 0.4) is 0 Å². The lowest BCUT2D eigenvalue weighted by atomic mass is 10.1. The highest BCUT2D eigenvalue weighted by Crippen LogP contribution is 2.23. The van der Waals surface area contributed by atoms with Crippen molar-refractivity contribution in [2.45, 2.75) is 38.8 Å². The van der Waals surface area contributed by atoms with Crippen molar-refractivity contribution in [3.63, 3.8) is 0 Å². The number of carbonyl (C=O) groups excluding carboxylic acids is 3. The summed E-state index contributed by atoms with van der Waals surface area (Å²) < 4.78 is 0. The zero-order chi connectivity index (χ0) is 20.4. The maximum atomic E-state index is 12.7. The number of carbonyl (C=O) groups is 3. The minimum atomic E-state index is -0.392. The molecule has 1 aliphatic heterocycles. The normalized spacial score (nSPS) is 18.6. The van der Waals surface area contributed by atoms with Crippen LogP contribution in [0.1, 0.15) is 40.7 Å². The van der Waals surface area contributed by atoms with Gasteiger partial charge in [0.2, 0.25) is 11.8 Å². The summed E-state index contributed by atoms with van der Waals surface area (Å²) in [5, 5.41) is 5.80. The molecule has 0 aromatic heterocycles. The highest BCUT2D eigenvalue weighted by Gasteiger charge is 2.34. The number of hydrogen-bond donors (Lipinski definition) is 2. The number of hydrogen-bond acceptors (Lipinski definition) is 3. The Labute approximate surface area is 170 Å². The molecule has 2 fully saturated rings. The smallest absolute Gasteiger partial charge is 0.251 e. The molecule has 2 N–H and O–H groups in total. The van der Waals surface area contributed by atoms with E-state index in [-0.39, 0.29) is 30.2 Å². The third-order valence-electron chi connectivity index (χ3n) is 5.38. The van der Waals surface area contributed by atoms with Gasteiger partial charge in [0.25, 0.3) is 5.91 Å². The molecule has 2 aliphatic rings. The maximum Gasteiger partial charge on any atom is 0.251 e. The van der Waals surface area contributed by atoms with Crippen LogP contribution in [-0.2, 0) is 16.1 Å². The van der Waals surface area contributed by atoms with Crippen molar-refractivity contribution in [2.24, 2.45) is 5.92 Å². The summed E-state index contributed by atoms with van der Waals surface area (Å²) in [4.78, 5) is 39.0. The predicted octanol–water partition coefficient (Wildman–Crippen LogP) is 2.87. The lowest BCUT2D eigenvalue weighted by molar-refractivity contribution is -0.128. The summed E-state index contributed by atoms with van der Waals surface area (Å²) in [6.07, 6.45) is 2.26. The fraction of sp³-hybridized carbons (Fsp3) is 0.348. The second kappa shape index (κ2) is 8.07. The third kappa shape index (κ3) is 4.83. The average molecular weight is 391 g/mol. The number of amides is 3. The second-order valence-corrected chi connectivity index (χ2v) is 7.98. The molecule has 150 valence electrons. The number of anilines is 1. The first-order valence-electron chi connectivity index (χ1n) is 10.0. The minimum Gasteiger partial charge on any atom is -0.349 e. The van der Waals surface area contributed by atoms with E-state index in [2.05, 4.69) is 10.6 Å². The van der Waals surface area contributed by atoms with Gasteiger partial charge >= 0.3 is 0 Å². The molecule has 6 nitrogen and oxygen atoms in total. The van der Waals surface area contributed by atoms with Crippen LogP contribution in [0.5, 0.6) is 0 Å². The average Bonchev–Trinajstić information content (AvgIpc) is 3.45. The fourth-order valence-electron chi connectivity index (χ4n) is 3.49. The highest BCUT2D eigenvalue weighted by molar-refractivity contribution is 5.99. The monoisotopic (exact) mass is 391 g/mol. The Morgan fingerprint density at radius 1 is 1.10 bits per heavy atom. The first-order valence-corrected chi connectivity index (χ1v) is 10.0. The van der Waals surface area contributed by atoms with Crippen LogP contribution in [0.15, 0.2) is 48.5 Å². The Morgan fingerprint density at radius 2 is 1.86 bits per heavy atom. The lowest BCUT2D eigenvalue weighted by Gasteiger charge is -2.17. The first kappa shape index (κ1) is 19.2. The van der Waals surface area contributed by atoms with Gasteiger partial charge in [-0.3, -0.25) is 14.4 Å². The Hall–Kier alpha value is -3.15. The van der Waals surface area contributed by atoms with Crippen molar-refractivity contribution in [2.75, 3.05) is 11.9 Å². The van der Waals surface area contributed by atoms with Crippen molar-refractivity contribution in [3.05, 3.63) is 65.2 Å². The molecule has 1 saturated carbocycles.